The number of aromatic nitrogens is 2. The van der Waals surface area contributed by atoms with E-state index in [-0.39, 0.29) is 17.0 Å². The molecule has 1 aliphatic carbocycles. The summed E-state index contributed by atoms with van der Waals surface area (Å²) in [6.07, 6.45) is 7.04. The molecule has 0 unspecified atom stereocenters. The molecule has 2 aromatic heterocycles. The number of carbonyl (C=O) groups is 1. The van der Waals surface area contributed by atoms with E-state index in [1.54, 1.807) is 14.1 Å². The maximum Gasteiger partial charge on any atom is 0.255 e. The lowest BCUT2D eigenvalue weighted by atomic mass is 9.72. The summed E-state index contributed by atoms with van der Waals surface area (Å²) in [5.74, 6) is -0.632. The number of halogens is 1. The van der Waals surface area contributed by atoms with Crippen LogP contribution in [0, 0.1) is 5.82 Å². The van der Waals surface area contributed by atoms with Crippen molar-refractivity contribution in [3.63, 3.8) is 0 Å². The van der Waals surface area contributed by atoms with Gasteiger partial charge >= 0.3 is 0 Å². The van der Waals surface area contributed by atoms with Crippen molar-refractivity contribution in [3.8, 4) is 0 Å². The van der Waals surface area contributed by atoms with E-state index < -0.39 is 5.82 Å². The summed E-state index contributed by atoms with van der Waals surface area (Å²) >= 11 is 0. The van der Waals surface area contributed by atoms with E-state index in [2.05, 4.69) is 32.8 Å². The number of hydrogen-bond acceptors (Lipinski definition) is 3. The van der Waals surface area contributed by atoms with Gasteiger partial charge < -0.3 is 9.47 Å². The molecule has 4 rings (SSSR count). The first-order valence-corrected chi connectivity index (χ1v) is 8.78. The molecule has 1 saturated carbocycles. The first-order valence-electron chi connectivity index (χ1n) is 8.78. The highest BCUT2D eigenvalue weighted by molar-refractivity contribution is 5.93. The standard InChI is InChI=1S/C19H23FN4O/c1-22(2)18(25)14-11-15(20)16(21-12-14)13-24-10-9-23-8-3-5-17(23)19(24)6-4-7-19/h3,5,8,11-12H,4,6-7,9-10,13H2,1-2H3. The number of pyridine rings is 1. The summed E-state index contributed by atoms with van der Waals surface area (Å²) in [6, 6.07) is 5.60. The fourth-order valence-corrected chi connectivity index (χ4v) is 4.09. The highest BCUT2D eigenvalue weighted by Crippen LogP contribution is 2.48. The lowest BCUT2D eigenvalue weighted by Crippen LogP contribution is -2.55. The Kier molecular flexibility index (Phi) is 3.87. The van der Waals surface area contributed by atoms with Crippen LogP contribution in [-0.2, 0) is 18.6 Å². The van der Waals surface area contributed by atoms with E-state index in [9.17, 15) is 9.18 Å². The van der Waals surface area contributed by atoms with Crippen molar-refractivity contribution in [2.45, 2.75) is 37.9 Å². The average molecular weight is 342 g/mol. The summed E-state index contributed by atoms with van der Waals surface area (Å²) < 4.78 is 16.9. The first-order chi connectivity index (χ1) is 12.0. The molecule has 1 amide bonds. The minimum Gasteiger partial charge on any atom is -0.348 e. The SMILES string of the molecule is CN(C)C(=O)c1cnc(CN2CCn3cccc3C23CCC3)c(F)c1. The van der Waals surface area contributed by atoms with Crippen molar-refractivity contribution >= 4 is 5.91 Å². The number of carbonyl (C=O) groups excluding carboxylic acids is 1. The van der Waals surface area contributed by atoms with Gasteiger partial charge in [0, 0.05) is 51.8 Å². The molecule has 1 fully saturated rings. The number of rotatable bonds is 3. The maximum absolute atomic E-state index is 14.6. The van der Waals surface area contributed by atoms with Crippen molar-refractivity contribution in [2.24, 2.45) is 0 Å². The minimum atomic E-state index is -0.400. The molecule has 2 aromatic rings. The molecule has 25 heavy (non-hydrogen) atoms. The molecule has 0 atom stereocenters. The number of fused-ring (bicyclic) bond motifs is 2. The highest BCUT2D eigenvalue weighted by Gasteiger charge is 2.47. The first kappa shape index (κ1) is 16.3. The fourth-order valence-electron chi connectivity index (χ4n) is 4.09. The zero-order valence-electron chi connectivity index (χ0n) is 14.7. The second-order valence-electron chi connectivity index (χ2n) is 7.25. The minimum absolute atomic E-state index is 0.0218. The van der Waals surface area contributed by atoms with Gasteiger partial charge in [0.05, 0.1) is 16.8 Å². The van der Waals surface area contributed by atoms with E-state index in [4.69, 9.17) is 0 Å². The molecule has 1 spiro atoms. The van der Waals surface area contributed by atoms with E-state index >= 15 is 0 Å². The van der Waals surface area contributed by atoms with Gasteiger partial charge in [0.1, 0.15) is 5.82 Å². The van der Waals surface area contributed by atoms with Crippen LogP contribution in [0.2, 0.25) is 0 Å². The van der Waals surface area contributed by atoms with Crippen LogP contribution in [0.15, 0.2) is 30.6 Å². The van der Waals surface area contributed by atoms with Crippen molar-refractivity contribution in [1.29, 1.82) is 0 Å². The zero-order valence-corrected chi connectivity index (χ0v) is 14.7. The van der Waals surface area contributed by atoms with Crippen LogP contribution in [0.25, 0.3) is 0 Å². The maximum atomic E-state index is 14.6. The summed E-state index contributed by atoms with van der Waals surface area (Å²) in [4.78, 5) is 20.0. The lowest BCUT2D eigenvalue weighted by Gasteiger charge is -2.53. The van der Waals surface area contributed by atoms with Gasteiger partial charge in [-0.15, -0.1) is 0 Å². The molecule has 2 aliphatic rings. The predicted molar refractivity (Wildman–Crippen MR) is 92.6 cm³/mol. The van der Waals surface area contributed by atoms with Crippen LogP contribution < -0.4 is 0 Å². The van der Waals surface area contributed by atoms with E-state index in [1.807, 2.05) is 0 Å². The van der Waals surface area contributed by atoms with Crippen molar-refractivity contribution in [2.75, 3.05) is 20.6 Å². The molecule has 0 N–H and O–H groups in total. The third-order valence-electron chi connectivity index (χ3n) is 5.61. The summed E-state index contributed by atoms with van der Waals surface area (Å²) in [5, 5.41) is 0. The zero-order chi connectivity index (χ0) is 17.6. The largest absolute Gasteiger partial charge is 0.348 e. The Hall–Kier alpha value is -2.21. The average Bonchev–Trinajstić information content (AvgIpc) is 3.03. The smallest absolute Gasteiger partial charge is 0.255 e. The van der Waals surface area contributed by atoms with Gasteiger partial charge in [0.25, 0.3) is 5.91 Å². The third-order valence-corrected chi connectivity index (χ3v) is 5.61. The Balaban J connectivity index is 1.59. The molecule has 1 aliphatic heterocycles. The summed E-state index contributed by atoms with van der Waals surface area (Å²) in [6.45, 7) is 2.29. The molecule has 0 aromatic carbocycles. The Morgan fingerprint density at radius 1 is 1.36 bits per heavy atom. The molecule has 132 valence electrons. The summed E-state index contributed by atoms with van der Waals surface area (Å²) in [5.41, 5.74) is 2.07. The Labute approximate surface area is 147 Å². The van der Waals surface area contributed by atoms with E-state index in [0.717, 1.165) is 25.9 Å². The van der Waals surface area contributed by atoms with Crippen molar-refractivity contribution in [3.05, 3.63) is 53.4 Å². The van der Waals surface area contributed by atoms with Gasteiger partial charge in [-0.05, 0) is 37.5 Å². The van der Waals surface area contributed by atoms with Crippen molar-refractivity contribution < 1.29 is 9.18 Å². The van der Waals surface area contributed by atoms with Gasteiger partial charge in [0.2, 0.25) is 0 Å². The molecular formula is C19H23FN4O. The molecule has 5 nitrogen and oxygen atoms in total. The Morgan fingerprint density at radius 3 is 2.80 bits per heavy atom. The monoisotopic (exact) mass is 342 g/mol. The number of amides is 1. The second-order valence-corrected chi connectivity index (χ2v) is 7.25. The lowest BCUT2D eigenvalue weighted by molar-refractivity contribution is -0.0228. The molecule has 0 bridgehead atoms. The topological polar surface area (TPSA) is 41.4 Å². The van der Waals surface area contributed by atoms with Gasteiger partial charge in [-0.3, -0.25) is 14.7 Å². The van der Waals surface area contributed by atoms with Gasteiger partial charge in [0.15, 0.2) is 0 Å². The predicted octanol–water partition coefficient (Wildman–Crippen LogP) is 2.62. The molecular weight excluding hydrogens is 319 g/mol. The number of nitrogens with zero attached hydrogens (tertiary/aromatic N) is 4. The van der Waals surface area contributed by atoms with Gasteiger partial charge in [-0.2, -0.15) is 0 Å². The number of hydrogen-bond donors (Lipinski definition) is 0. The van der Waals surface area contributed by atoms with Crippen LogP contribution in [0.3, 0.4) is 0 Å². The van der Waals surface area contributed by atoms with E-state index in [0.29, 0.717) is 12.2 Å². The third kappa shape index (κ3) is 2.56. The summed E-state index contributed by atoms with van der Waals surface area (Å²) in [7, 11) is 3.30. The van der Waals surface area contributed by atoms with Crippen LogP contribution in [0.1, 0.15) is 41.0 Å². The molecule has 6 heteroatoms. The van der Waals surface area contributed by atoms with Gasteiger partial charge in [-0.1, -0.05) is 0 Å². The second kappa shape index (κ2) is 5.95. The highest BCUT2D eigenvalue weighted by atomic mass is 19.1. The van der Waals surface area contributed by atoms with Crippen molar-refractivity contribution in [1.82, 2.24) is 19.4 Å². The van der Waals surface area contributed by atoms with Crippen LogP contribution in [-0.4, -0.2) is 45.9 Å². The van der Waals surface area contributed by atoms with E-state index in [1.165, 1.54) is 29.3 Å². The fraction of sp³-hybridized carbons (Fsp3) is 0.474. The molecule has 0 saturated heterocycles. The Bertz CT molecular complexity index is 810. The quantitative estimate of drug-likeness (QED) is 0.861. The molecule has 0 radical (unpaired) electrons. The van der Waals surface area contributed by atoms with Gasteiger partial charge in [-0.25, -0.2) is 4.39 Å². The normalized spacial score (nSPS) is 18.7. The Morgan fingerprint density at radius 2 is 2.16 bits per heavy atom. The molecule has 3 heterocycles. The van der Waals surface area contributed by atoms with Crippen LogP contribution in [0.4, 0.5) is 4.39 Å². The van der Waals surface area contributed by atoms with Crippen LogP contribution in [0.5, 0.6) is 0 Å². The van der Waals surface area contributed by atoms with Crippen LogP contribution >= 0.6 is 0 Å².